The van der Waals surface area contributed by atoms with Gasteiger partial charge >= 0.3 is 0 Å². The fourth-order valence-corrected chi connectivity index (χ4v) is 2.04. The van der Waals surface area contributed by atoms with Crippen LogP contribution < -0.4 is 15.8 Å². The van der Waals surface area contributed by atoms with Crippen molar-refractivity contribution in [2.24, 2.45) is 0 Å². The average molecular weight is 260 g/mol. The first kappa shape index (κ1) is 13.2. The topological polar surface area (TPSA) is 47.3 Å². The number of methoxy groups -OCH3 is 1. The maximum absolute atomic E-state index is 13.9. The number of benzene rings is 2. The van der Waals surface area contributed by atoms with Gasteiger partial charge in [-0.1, -0.05) is 6.07 Å². The molecule has 0 spiro atoms. The Labute approximate surface area is 112 Å². The van der Waals surface area contributed by atoms with Gasteiger partial charge in [0.1, 0.15) is 11.6 Å². The van der Waals surface area contributed by atoms with Crippen molar-refractivity contribution in [2.75, 3.05) is 18.2 Å². The van der Waals surface area contributed by atoms with E-state index in [-0.39, 0.29) is 5.69 Å². The molecule has 0 fully saturated rings. The van der Waals surface area contributed by atoms with E-state index in [0.717, 1.165) is 16.8 Å². The second-order valence-corrected chi connectivity index (χ2v) is 4.58. The van der Waals surface area contributed by atoms with Crippen LogP contribution in [0.25, 0.3) is 0 Å². The molecule has 0 radical (unpaired) electrons. The van der Waals surface area contributed by atoms with Crippen molar-refractivity contribution in [1.82, 2.24) is 0 Å². The Morgan fingerprint density at radius 3 is 2.26 bits per heavy atom. The normalized spacial score (nSPS) is 10.3. The van der Waals surface area contributed by atoms with E-state index < -0.39 is 5.82 Å². The van der Waals surface area contributed by atoms with Gasteiger partial charge in [-0.15, -0.1) is 0 Å². The molecule has 4 heteroatoms. The number of nitrogen functional groups attached to an aromatic ring is 1. The van der Waals surface area contributed by atoms with E-state index in [1.165, 1.54) is 13.2 Å². The van der Waals surface area contributed by atoms with Crippen LogP contribution in [0.5, 0.6) is 5.75 Å². The Hall–Kier alpha value is -2.23. The summed E-state index contributed by atoms with van der Waals surface area (Å²) in [6.45, 7) is 4.00. The lowest BCUT2D eigenvalue weighted by Crippen LogP contribution is -1.99. The van der Waals surface area contributed by atoms with Crippen LogP contribution in [0.1, 0.15) is 11.1 Å². The Bertz CT molecular complexity index is 591. The van der Waals surface area contributed by atoms with Crippen molar-refractivity contribution in [3.8, 4) is 5.75 Å². The van der Waals surface area contributed by atoms with Crippen molar-refractivity contribution in [2.45, 2.75) is 13.8 Å². The molecular weight excluding hydrogens is 243 g/mol. The van der Waals surface area contributed by atoms with E-state index >= 15 is 0 Å². The summed E-state index contributed by atoms with van der Waals surface area (Å²) in [5.41, 5.74) is 9.34. The number of ether oxygens (including phenoxy) is 1. The zero-order valence-electron chi connectivity index (χ0n) is 11.3. The summed E-state index contributed by atoms with van der Waals surface area (Å²) in [6.07, 6.45) is 0. The number of halogens is 1. The molecule has 0 aromatic heterocycles. The Morgan fingerprint density at radius 1 is 1.05 bits per heavy atom. The Kier molecular flexibility index (Phi) is 3.60. The number of anilines is 3. The van der Waals surface area contributed by atoms with Gasteiger partial charge in [-0.25, -0.2) is 4.39 Å². The fourth-order valence-electron chi connectivity index (χ4n) is 2.04. The van der Waals surface area contributed by atoms with Crippen LogP contribution in [0.4, 0.5) is 21.5 Å². The molecule has 0 atom stereocenters. The van der Waals surface area contributed by atoms with Crippen molar-refractivity contribution < 1.29 is 9.13 Å². The highest BCUT2D eigenvalue weighted by Gasteiger charge is 2.09. The molecule has 0 saturated heterocycles. The summed E-state index contributed by atoms with van der Waals surface area (Å²) >= 11 is 0. The summed E-state index contributed by atoms with van der Waals surface area (Å²) in [7, 11) is 1.50. The number of nitrogens with one attached hydrogen (secondary N) is 1. The molecular formula is C15H17FN2O. The molecule has 0 aliphatic rings. The molecule has 0 heterocycles. The molecule has 0 aliphatic carbocycles. The van der Waals surface area contributed by atoms with Crippen molar-refractivity contribution in [3.05, 3.63) is 47.3 Å². The third kappa shape index (κ3) is 2.96. The van der Waals surface area contributed by atoms with Crippen LogP contribution >= 0.6 is 0 Å². The van der Waals surface area contributed by atoms with E-state index in [1.54, 1.807) is 6.07 Å². The fraction of sp³-hybridized carbons (Fsp3) is 0.200. The molecule has 3 N–H and O–H groups in total. The molecule has 2 aromatic carbocycles. The van der Waals surface area contributed by atoms with E-state index in [1.807, 2.05) is 26.0 Å². The van der Waals surface area contributed by atoms with Crippen molar-refractivity contribution >= 4 is 17.1 Å². The quantitative estimate of drug-likeness (QED) is 0.826. The minimum atomic E-state index is -0.405. The number of nitrogens with two attached hydrogens (primary N) is 1. The van der Waals surface area contributed by atoms with Gasteiger partial charge in [-0.05, 0) is 37.1 Å². The lowest BCUT2D eigenvalue weighted by Gasteiger charge is -2.12. The van der Waals surface area contributed by atoms with E-state index in [2.05, 4.69) is 11.4 Å². The third-order valence-corrected chi connectivity index (χ3v) is 2.82. The van der Waals surface area contributed by atoms with Gasteiger partial charge in [0.15, 0.2) is 0 Å². The van der Waals surface area contributed by atoms with Crippen molar-refractivity contribution in [3.63, 3.8) is 0 Å². The molecule has 19 heavy (non-hydrogen) atoms. The van der Waals surface area contributed by atoms with Gasteiger partial charge in [-0.3, -0.25) is 0 Å². The molecule has 100 valence electrons. The van der Waals surface area contributed by atoms with Crippen molar-refractivity contribution in [1.29, 1.82) is 0 Å². The Morgan fingerprint density at radius 2 is 1.68 bits per heavy atom. The average Bonchev–Trinajstić information content (AvgIpc) is 2.31. The molecule has 0 unspecified atom stereocenters. The lowest BCUT2D eigenvalue weighted by atomic mass is 10.1. The van der Waals surface area contributed by atoms with Gasteiger partial charge in [-0.2, -0.15) is 0 Å². The lowest BCUT2D eigenvalue weighted by molar-refractivity contribution is 0.416. The van der Waals surface area contributed by atoms with E-state index in [0.29, 0.717) is 11.4 Å². The highest BCUT2D eigenvalue weighted by atomic mass is 19.1. The zero-order chi connectivity index (χ0) is 14.0. The first-order valence-corrected chi connectivity index (χ1v) is 5.98. The predicted octanol–water partition coefficient (Wildman–Crippen LogP) is 3.78. The maximum Gasteiger partial charge on any atom is 0.148 e. The number of hydrogen-bond donors (Lipinski definition) is 2. The Balaban J connectivity index is 2.37. The van der Waals surface area contributed by atoms with Crippen LogP contribution in [0.15, 0.2) is 30.3 Å². The number of aryl methyl sites for hydroxylation is 2. The third-order valence-electron chi connectivity index (χ3n) is 2.82. The molecule has 2 aromatic rings. The van der Waals surface area contributed by atoms with Crippen LogP contribution in [0.2, 0.25) is 0 Å². The van der Waals surface area contributed by atoms with Crippen LogP contribution in [-0.2, 0) is 0 Å². The summed E-state index contributed by atoms with van der Waals surface area (Å²) in [5.74, 6) is 0.0470. The summed E-state index contributed by atoms with van der Waals surface area (Å²) in [6, 6.07) is 8.78. The van der Waals surface area contributed by atoms with Gasteiger partial charge in [0, 0.05) is 17.8 Å². The number of hydrogen-bond acceptors (Lipinski definition) is 3. The molecule has 2 rings (SSSR count). The molecule has 0 amide bonds. The standard InChI is InChI=1S/C15H17FN2O/c1-9-4-10(2)6-11(5-9)18-14-8-15(19-3)13(17)7-12(14)16/h4-8,18H,17H2,1-3H3. The number of rotatable bonds is 3. The van der Waals surface area contributed by atoms with Crippen LogP contribution in [-0.4, -0.2) is 7.11 Å². The second-order valence-electron chi connectivity index (χ2n) is 4.58. The van der Waals surface area contributed by atoms with Gasteiger partial charge < -0.3 is 15.8 Å². The zero-order valence-corrected chi connectivity index (χ0v) is 11.3. The second kappa shape index (κ2) is 5.18. The first-order chi connectivity index (χ1) is 8.99. The first-order valence-electron chi connectivity index (χ1n) is 5.98. The SMILES string of the molecule is COc1cc(Nc2cc(C)cc(C)c2)c(F)cc1N. The molecule has 0 aliphatic heterocycles. The molecule has 0 bridgehead atoms. The molecule has 3 nitrogen and oxygen atoms in total. The van der Waals surface area contributed by atoms with E-state index in [4.69, 9.17) is 10.5 Å². The van der Waals surface area contributed by atoms with Crippen LogP contribution in [0, 0.1) is 19.7 Å². The predicted molar refractivity (Wildman–Crippen MR) is 76.6 cm³/mol. The minimum Gasteiger partial charge on any atom is -0.495 e. The summed E-state index contributed by atoms with van der Waals surface area (Å²) < 4.78 is 18.9. The highest BCUT2D eigenvalue weighted by Crippen LogP contribution is 2.30. The van der Waals surface area contributed by atoms with Gasteiger partial charge in [0.05, 0.1) is 18.5 Å². The van der Waals surface area contributed by atoms with Gasteiger partial charge in [0.25, 0.3) is 0 Å². The highest BCUT2D eigenvalue weighted by molar-refractivity contribution is 5.68. The van der Waals surface area contributed by atoms with Crippen LogP contribution in [0.3, 0.4) is 0 Å². The monoisotopic (exact) mass is 260 g/mol. The smallest absolute Gasteiger partial charge is 0.148 e. The maximum atomic E-state index is 13.9. The van der Waals surface area contributed by atoms with Gasteiger partial charge in [0.2, 0.25) is 0 Å². The minimum absolute atomic E-state index is 0.283. The molecule has 0 saturated carbocycles. The summed E-state index contributed by atoms with van der Waals surface area (Å²) in [4.78, 5) is 0. The van der Waals surface area contributed by atoms with E-state index in [9.17, 15) is 4.39 Å². The summed E-state index contributed by atoms with van der Waals surface area (Å²) in [5, 5.41) is 3.05. The largest absolute Gasteiger partial charge is 0.495 e.